The predicted octanol–water partition coefficient (Wildman–Crippen LogP) is 2.88. The molecule has 1 aliphatic carbocycles. The Morgan fingerprint density at radius 2 is 1.85 bits per heavy atom. The second-order valence-electron chi connectivity index (χ2n) is 9.30. The van der Waals surface area contributed by atoms with Gasteiger partial charge in [-0.05, 0) is 49.1 Å². The van der Waals surface area contributed by atoms with Crippen LogP contribution in [0.3, 0.4) is 0 Å². The molecular weight excluding hydrogens is 419 g/mol. The largest absolute Gasteiger partial charge is 0.369 e. The molecular formula is C26H29FN4O2. The van der Waals surface area contributed by atoms with Crippen molar-refractivity contribution in [1.82, 2.24) is 14.8 Å². The number of likely N-dealkylation sites (N-methyl/N-ethyl adjacent to an activating group) is 1. The van der Waals surface area contributed by atoms with E-state index < -0.39 is 5.91 Å². The van der Waals surface area contributed by atoms with Crippen LogP contribution in [0.4, 0.5) is 4.39 Å². The second kappa shape index (κ2) is 8.63. The van der Waals surface area contributed by atoms with Crippen molar-refractivity contribution >= 4 is 22.7 Å². The topological polar surface area (TPSA) is 82.4 Å². The number of nitrogens with one attached hydrogen (secondary N) is 1. The van der Waals surface area contributed by atoms with Gasteiger partial charge in [0.15, 0.2) is 0 Å². The Morgan fingerprint density at radius 3 is 2.58 bits per heavy atom. The number of nitrogens with zero attached hydrogens (tertiary/aromatic N) is 2. The molecule has 1 aliphatic heterocycles. The molecule has 1 unspecified atom stereocenters. The van der Waals surface area contributed by atoms with E-state index in [0.29, 0.717) is 12.0 Å². The summed E-state index contributed by atoms with van der Waals surface area (Å²) < 4.78 is 14.7. The Labute approximate surface area is 192 Å². The number of aromatic nitrogens is 1. The molecule has 2 aliphatic rings. The minimum atomic E-state index is -0.411. The molecule has 0 bridgehead atoms. The van der Waals surface area contributed by atoms with Crippen LogP contribution in [0.5, 0.6) is 0 Å². The van der Waals surface area contributed by atoms with Crippen LogP contribution in [-0.2, 0) is 28.9 Å². The van der Waals surface area contributed by atoms with E-state index in [0.717, 1.165) is 72.3 Å². The molecule has 1 aromatic heterocycles. The van der Waals surface area contributed by atoms with E-state index in [9.17, 15) is 14.0 Å². The SMILES string of the molecule is CN1CCN(C(=O)C2CCc3c([nH]c4c(CC(N)=O)ccc(-c5ccccc5F)c34)C2)CC1. The van der Waals surface area contributed by atoms with Crippen molar-refractivity contribution in [2.24, 2.45) is 11.7 Å². The van der Waals surface area contributed by atoms with E-state index in [-0.39, 0.29) is 24.1 Å². The number of fused-ring (bicyclic) bond motifs is 3. The number of primary amides is 1. The van der Waals surface area contributed by atoms with Gasteiger partial charge in [-0.15, -0.1) is 0 Å². The first-order valence-electron chi connectivity index (χ1n) is 11.6. The molecule has 0 spiro atoms. The zero-order chi connectivity index (χ0) is 23.1. The zero-order valence-electron chi connectivity index (χ0n) is 18.9. The number of H-pyrrole nitrogens is 1. The number of nitrogens with two attached hydrogens (primary N) is 1. The van der Waals surface area contributed by atoms with Crippen molar-refractivity contribution in [3.63, 3.8) is 0 Å². The normalized spacial score (nSPS) is 19.0. The van der Waals surface area contributed by atoms with Crippen LogP contribution < -0.4 is 5.73 Å². The quantitative estimate of drug-likeness (QED) is 0.644. The van der Waals surface area contributed by atoms with Gasteiger partial charge in [0.2, 0.25) is 11.8 Å². The molecule has 7 heteroatoms. The maximum absolute atomic E-state index is 14.7. The highest BCUT2D eigenvalue weighted by atomic mass is 19.1. The fraction of sp³-hybridized carbons (Fsp3) is 0.385. The van der Waals surface area contributed by atoms with E-state index in [1.807, 2.05) is 23.1 Å². The number of aryl methyl sites for hydroxylation is 1. The minimum Gasteiger partial charge on any atom is -0.369 e. The summed E-state index contributed by atoms with van der Waals surface area (Å²) >= 11 is 0. The molecule has 172 valence electrons. The molecule has 0 saturated carbocycles. The van der Waals surface area contributed by atoms with Crippen molar-refractivity contribution in [3.8, 4) is 11.1 Å². The van der Waals surface area contributed by atoms with E-state index >= 15 is 0 Å². The molecule has 5 rings (SSSR count). The lowest BCUT2D eigenvalue weighted by Crippen LogP contribution is -2.49. The van der Waals surface area contributed by atoms with Crippen LogP contribution in [0, 0.1) is 11.7 Å². The Kier molecular flexibility index (Phi) is 5.66. The third kappa shape index (κ3) is 4.02. The van der Waals surface area contributed by atoms with Crippen molar-refractivity contribution < 1.29 is 14.0 Å². The summed E-state index contributed by atoms with van der Waals surface area (Å²) in [4.78, 5) is 32.6. The van der Waals surface area contributed by atoms with Gasteiger partial charge in [0, 0.05) is 48.7 Å². The number of carbonyl (C=O) groups excluding carboxylic acids is 2. The molecule has 0 radical (unpaired) electrons. The van der Waals surface area contributed by atoms with Crippen LogP contribution in [0.15, 0.2) is 36.4 Å². The summed E-state index contributed by atoms with van der Waals surface area (Å²) in [5.41, 5.74) is 10.6. The van der Waals surface area contributed by atoms with Crippen molar-refractivity contribution in [3.05, 3.63) is 59.0 Å². The Morgan fingerprint density at radius 1 is 1.09 bits per heavy atom. The molecule has 2 heterocycles. The van der Waals surface area contributed by atoms with Crippen LogP contribution in [0.1, 0.15) is 23.2 Å². The second-order valence-corrected chi connectivity index (χ2v) is 9.30. The minimum absolute atomic E-state index is 0.0644. The summed E-state index contributed by atoms with van der Waals surface area (Å²) in [7, 11) is 2.08. The van der Waals surface area contributed by atoms with E-state index in [1.54, 1.807) is 12.1 Å². The Balaban J connectivity index is 1.55. The predicted molar refractivity (Wildman–Crippen MR) is 126 cm³/mol. The maximum Gasteiger partial charge on any atom is 0.226 e. The zero-order valence-corrected chi connectivity index (χ0v) is 18.9. The highest BCUT2D eigenvalue weighted by molar-refractivity contribution is 6.02. The van der Waals surface area contributed by atoms with Gasteiger partial charge in [-0.2, -0.15) is 0 Å². The number of halogens is 1. The first-order chi connectivity index (χ1) is 15.9. The van der Waals surface area contributed by atoms with Gasteiger partial charge in [-0.3, -0.25) is 9.59 Å². The number of benzene rings is 2. The third-order valence-electron chi connectivity index (χ3n) is 7.12. The molecule has 2 amide bonds. The smallest absolute Gasteiger partial charge is 0.226 e. The van der Waals surface area contributed by atoms with Gasteiger partial charge in [-0.25, -0.2) is 4.39 Å². The average Bonchev–Trinajstić information content (AvgIpc) is 3.19. The molecule has 3 N–H and O–H groups in total. The number of amides is 2. The van der Waals surface area contributed by atoms with Crippen LogP contribution in [-0.4, -0.2) is 59.8 Å². The van der Waals surface area contributed by atoms with Crippen LogP contribution in [0.2, 0.25) is 0 Å². The summed E-state index contributed by atoms with van der Waals surface area (Å²) in [5.74, 6) is -0.537. The van der Waals surface area contributed by atoms with Gasteiger partial charge in [-0.1, -0.05) is 30.3 Å². The van der Waals surface area contributed by atoms with Gasteiger partial charge in [0.25, 0.3) is 0 Å². The lowest BCUT2D eigenvalue weighted by atomic mass is 9.84. The number of hydrogen-bond donors (Lipinski definition) is 2. The molecule has 1 atom stereocenters. The first-order valence-corrected chi connectivity index (χ1v) is 11.6. The molecule has 2 aromatic carbocycles. The van der Waals surface area contributed by atoms with E-state index in [2.05, 4.69) is 16.9 Å². The van der Waals surface area contributed by atoms with Gasteiger partial charge in [0.1, 0.15) is 5.82 Å². The Hall–Kier alpha value is -3.19. The molecule has 1 saturated heterocycles. The number of hydrogen-bond acceptors (Lipinski definition) is 3. The van der Waals surface area contributed by atoms with Crippen LogP contribution >= 0.6 is 0 Å². The van der Waals surface area contributed by atoms with Gasteiger partial charge in [0.05, 0.1) is 11.9 Å². The summed E-state index contributed by atoms with van der Waals surface area (Å²) in [6.07, 6.45) is 2.24. The number of rotatable bonds is 4. The Bertz CT molecular complexity index is 1230. The molecule has 33 heavy (non-hydrogen) atoms. The van der Waals surface area contributed by atoms with Crippen molar-refractivity contribution in [2.75, 3.05) is 33.2 Å². The highest BCUT2D eigenvalue weighted by Gasteiger charge is 2.32. The maximum atomic E-state index is 14.7. The molecule has 3 aromatic rings. The summed E-state index contributed by atoms with van der Waals surface area (Å²) in [5, 5.41) is 0.944. The number of piperazine rings is 1. The number of aromatic amines is 1. The number of carbonyl (C=O) groups is 2. The first kappa shape index (κ1) is 21.6. The van der Waals surface area contributed by atoms with E-state index in [1.165, 1.54) is 6.07 Å². The van der Waals surface area contributed by atoms with Gasteiger partial charge < -0.3 is 20.5 Å². The lowest BCUT2D eigenvalue weighted by Gasteiger charge is -2.35. The third-order valence-corrected chi connectivity index (χ3v) is 7.12. The van der Waals surface area contributed by atoms with Gasteiger partial charge >= 0.3 is 0 Å². The van der Waals surface area contributed by atoms with Crippen LogP contribution in [0.25, 0.3) is 22.0 Å². The summed E-state index contributed by atoms with van der Waals surface area (Å²) in [6, 6.07) is 10.5. The molecule has 1 fully saturated rings. The fourth-order valence-electron chi connectivity index (χ4n) is 5.33. The summed E-state index contributed by atoms with van der Waals surface area (Å²) in [6.45, 7) is 3.34. The average molecular weight is 449 g/mol. The monoisotopic (exact) mass is 448 g/mol. The van der Waals surface area contributed by atoms with Crippen molar-refractivity contribution in [1.29, 1.82) is 0 Å². The lowest BCUT2D eigenvalue weighted by molar-refractivity contribution is -0.137. The van der Waals surface area contributed by atoms with Crippen molar-refractivity contribution in [2.45, 2.75) is 25.7 Å². The fourth-order valence-corrected chi connectivity index (χ4v) is 5.33. The standard InChI is InChI=1S/C26H29FN4O2/c1-30-10-12-31(13-11-30)26(33)17-7-9-20-22(14-17)29-25-16(15-23(28)32)6-8-19(24(20)25)18-4-2-3-5-21(18)27/h2-6,8,17,29H,7,9-15H2,1H3,(H2,28,32). The molecule has 6 nitrogen and oxygen atoms in total. The highest BCUT2D eigenvalue weighted by Crippen LogP contribution is 2.40. The van der Waals surface area contributed by atoms with E-state index in [4.69, 9.17) is 5.73 Å².